The molecule has 30 heavy (non-hydrogen) atoms. The molecule has 2 N–H and O–H groups in total. The number of hydrogen-bond acceptors (Lipinski definition) is 3. The summed E-state index contributed by atoms with van der Waals surface area (Å²) < 4.78 is 28.1. The van der Waals surface area contributed by atoms with Crippen molar-refractivity contribution in [3.63, 3.8) is 0 Å². The SMILES string of the molecule is CC(=O)O.CCc1ccc(CC2(CNS(=O)(=O)c3ccc(Cl)cc3)CCCC2)cc1. The molecule has 0 atom stereocenters. The quantitative estimate of drug-likeness (QED) is 0.615. The topological polar surface area (TPSA) is 83.5 Å². The van der Waals surface area contributed by atoms with Crippen LogP contribution in [0.5, 0.6) is 0 Å². The molecule has 7 heteroatoms. The highest BCUT2D eigenvalue weighted by molar-refractivity contribution is 7.89. The summed E-state index contributed by atoms with van der Waals surface area (Å²) in [7, 11) is -3.51. The molecule has 0 aromatic heterocycles. The maximum Gasteiger partial charge on any atom is 0.300 e. The number of aliphatic carboxylic acids is 1. The molecule has 1 aliphatic rings. The predicted octanol–water partition coefficient (Wildman–Crippen LogP) is 5.07. The number of carboxylic acids is 1. The second-order valence-corrected chi connectivity index (χ2v) is 10.1. The highest BCUT2D eigenvalue weighted by atomic mass is 35.5. The molecule has 0 radical (unpaired) electrons. The van der Waals surface area contributed by atoms with Crippen LogP contribution in [0.25, 0.3) is 0 Å². The molecule has 0 unspecified atom stereocenters. The van der Waals surface area contributed by atoms with Gasteiger partial charge in [-0.25, -0.2) is 13.1 Å². The van der Waals surface area contributed by atoms with Gasteiger partial charge in [0.1, 0.15) is 0 Å². The Hall–Kier alpha value is -1.89. The molecule has 0 amide bonds. The van der Waals surface area contributed by atoms with Gasteiger partial charge in [0.25, 0.3) is 5.97 Å². The Morgan fingerprint density at radius 1 is 1.03 bits per heavy atom. The van der Waals surface area contributed by atoms with Gasteiger partial charge in [0.15, 0.2) is 0 Å². The third kappa shape index (κ3) is 7.42. The fraction of sp³-hybridized carbons (Fsp3) is 0.435. The van der Waals surface area contributed by atoms with Crippen molar-refractivity contribution in [3.05, 3.63) is 64.7 Å². The van der Waals surface area contributed by atoms with Crippen molar-refractivity contribution in [2.45, 2.75) is 57.3 Å². The van der Waals surface area contributed by atoms with E-state index in [0.717, 1.165) is 45.4 Å². The molecule has 0 saturated heterocycles. The smallest absolute Gasteiger partial charge is 0.300 e. The molecule has 0 spiro atoms. The zero-order valence-corrected chi connectivity index (χ0v) is 19.1. The lowest BCUT2D eigenvalue weighted by molar-refractivity contribution is -0.134. The van der Waals surface area contributed by atoms with Crippen molar-refractivity contribution in [3.8, 4) is 0 Å². The summed E-state index contributed by atoms with van der Waals surface area (Å²) in [5.41, 5.74) is 2.63. The molecule has 5 nitrogen and oxygen atoms in total. The fourth-order valence-electron chi connectivity index (χ4n) is 3.81. The van der Waals surface area contributed by atoms with Gasteiger partial charge in [0, 0.05) is 18.5 Å². The maximum atomic E-state index is 12.6. The average molecular weight is 452 g/mol. The van der Waals surface area contributed by atoms with Crippen LogP contribution in [0.1, 0.15) is 50.7 Å². The first-order chi connectivity index (χ1) is 14.2. The van der Waals surface area contributed by atoms with Crippen LogP contribution in [0.3, 0.4) is 0 Å². The van der Waals surface area contributed by atoms with Crippen LogP contribution >= 0.6 is 11.6 Å². The van der Waals surface area contributed by atoms with E-state index >= 15 is 0 Å². The van der Waals surface area contributed by atoms with Crippen molar-refractivity contribution in [1.29, 1.82) is 0 Å². The van der Waals surface area contributed by atoms with E-state index in [0.29, 0.717) is 11.6 Å². The zero-order chi connectivity index (χ0) is 22.2. The summed E-state index contributed by atoms with van der Waals surface area (Å²) in [5, 5.41) is 7.95. The lowest BCUT2D eigenvalue weighted by atomic mass is 9.80. The Labute approximate surface area is 184 Å². The number of carboxylic acid groups (broad SMARTS) is 1. The van der Waals surface area contributed by atoms with Gasteiger partial charge in [-0.1, -0.05) is 55.6 Å². The van der Waals surface area contributed by atoms with Crippen LogP contribution in [0, 0.1) is 5.41 Å². The summed E-state index contributed by atoms with van der Waals surface area (Å²) >= 11 is 5.86. The Kier molecular flexibility index (Phi) is 8.89. The molecule has 2 aromatic carbocycles. The van der Waals surface area contributed by atoms with Crippen LogP contribution in [0.2, 0.25) is 5.02 Å². The molecule has 0 aliphatic heterocycles. The average Bonchev–Trinajstić information content (AvgIpc) is 3.16. The van der Waals surface area contributed by atoms with Crippen LogP contribution < -0.4 is 4.72 Å². The van der Waals surface area contributed by atoms with Gasteiger partial charge in [-0.2, -0.15) is 0 Å². The van der Waals surface area contributed by atoms with Gasteiger partial charge in [-0.05, 0) is 66.5 Å². The summed E-state index contributed by atoms with van der Waals surface area (Å²) in [6, 6.07) is 15.0. The largest absolute Gasteiger partial charge is 0.481 e. The van der Waals surface area contributed by atoms with Gasteiger partial charge < -0.3 is 5.11 Å². The predicted molar refractivity (Wildman–Crippen MR) is 120 cm³/mol. The molecule has 0 bridgehead atoms. The highest BCUT2D eigenvalue weighted by Gasteiger charge is 2.35. The third-order valence-electron chi connectivity index (χ3n) is 5.44. The normalized spacial score (nSPS) is 15.3. The lowest BCUT2D eigenvalue weighted by Gasteiger charge is -2.29. The number of halogens is 1. The first-order valence-corrected chi connectivity index (χ1v) is 12.0. The maximum absolute atomic E-state index is 12.6. The first kappa shape index (κ1) is 24.4. The Bertz CT molecular complexity index is 915. The van der Waals surface area contributed by atoms with E-state index in [-0.39, 0.29) is 10.3 Å². The van der Waals surface area contributed by atoms with Crippen LogP contribution in [0.4, 0.5) is 0 Å². The molecule has 1 saturated carbocycles. The van der Waals surface area contributed by atoms with E-state index in [4.69, 9.17) is 21.5 Å². The molecular weight excluding hydrogens is 422 g/mol. The number of benzene rings is 2. The molecule has 1 aliphatic carbocycles. The zero-order valence-electron chi connectivity index (χ0n) is 17.5. The van der Waals surface area contributed by atoms with Crippen LogP contribution in [-0.2, 0) is 27.7 Å². The Balaban J connectivity index is 0.000000735. The van der Waals surface area contributed by atoms with Gasteiger partial charge in [0.2, 0.25) is 10.0 Å². The molecule has 3 rings (SSSR count). The molecule has 164 valence electrons. The summed E-state index contributed by atoms with van der Waals surface area (Å²) in [5.74, 6) is -0.833. The van der Waals surface area contributed by atoms with E-state index in [9.17, 15) is 8.42 Å². The van der Waals surface area contributed by atoms with Crippen molar-refractivity contribution in [2.24, 2.45) is 5.41 Å². The Morgan fingerprint density at radius 2 is 1.53 bits per heavy atom. The third-order valence-corrected chi connectivity index (χ3v) is 7.10. The second kappa shape index (κ2) is 10.9. The minimum atomic E-state index is -3.51. The van der Waals surface area contributed by atoms with Gasteiger partial charge in [-0.15, -0.1) is 0 Å². The van der Waals surface area contributed by atoms with E-state index in [1.165, 1.54) is 11.1 Å². The van der Waals surface area contributed by atoms with Crippen molar-refractivity contribution >= 4 is 27.6 Å². The number of aryl methyl sites for hydroxylation is 1. The van der Waals surface area contributed by atoms with Crippen molar-refractivity contribution in [1.82, 2.24) is 4.72 Å². The van der Waals surface area contributed by atoms with Crippen molar-refractivity contribution < 1.29 is 18.3 Å². The molecule has 2 aromatic rings. The van der Waals surface area contributed by atoms with E-state index in [1.54, 1.807) is 24.3 Å². The van der Waals surface area contributed by atoms with E-state index in [2.05, 4.69) is 35.9 Å². The van der Waals surface area contributed by atoms with Gasteiger partial charge >= 0.3 is 0 Å². The van der Waals surface area contributed by atoms with E-state index in [1.807, 2.05) is 0 Å². The number of sulfonamides is 1. The minimum Gasteiger partial charge on any atom is -0.481 e. The second-order valence-electron chi connectivity index (χ2n) is 7.85. The number of rotatable bonds is 7. The Morgan fingerprint density at radius 3 is 2.03 bits per heavy atom. The van der Waals surface area contributed by atoms with Crippen LogP contribution in [0.15, 0.2) is 53.4 Å². The molecular formula is C23H30ClNO4S. The monoisotopic (exact) mass is 451 g/mol. The molecule has 0 heterocycles. The van der Waals surface area contributed by atoms with E-state index < -0.39 is 16.0 Å². The number of carbonyl (C=O) groups is 1. The summed E-state index contributed by atoms with van der Waals surface area (Å²) in [6.07, 6.45) is 6.40. The van der Waals surface area contributed by atoms with Gasteiger partial charge in [-0.3, -0.25) is 4.79 Å². The van der Waals surface area contributed by atoms with Crippen molar-refractivity contribution in [2.75, 3.05) is 6.54 Å². The molecule has 1 fully saturated rings. The lowest BCUT2D eigenvalue weighted by Crippen LogP contribution is -2.37. The summed E-state index contributed by atoms with van der Waals surface area (Å²) in [6.45, 7) is 3.71. The van der Waals surface area contributed by atoms with Gasteiger partial charge in [0.05, 0.1) is 4.90 Å². The fourth-order valence-corrected chi connectivity index (χ4v) is 5.10. The number of nitrogens with one attached hydrogen (secondary N) is 1. The first-order valence-electron chi connectivity index (χ1n) is 10.2. The standard InChI is InChI=1S/C21H26ClNO2S.C2H4O2/c1-2-17-5-7-18(8-6-17)15-21(13-3-4-14-21)16-23-26(24,25)20-11-9-19(22)10-12-20;1-2(3)4/h5-12,23H,2-4,13-16H2,1H3;1H3,(H,3,4). The number of hydrogen-bond donors (Lipinski definition) is 2. The highest BCUT2D eigenvalue weighted by Crippen LogP contribution is 2.40. The summed E-state index contributed by atoms with van der Waals surface area (Å²) in [4.78, 5) is 9.27. The van der Waals surface area contributed by atoms with Crippen LogP contribution in [-0.4, -0.2) is 26.0 Å². The minimum absolute atomic E-state index is 0.00717.